The lowest BCUT2D eigenvalue weighted by Crippen LogP contribution is -2.25. The highest BCUT2D eigenvalue weighted by Crippen LogP contribution is 2.43. The number of hydrogen-bond acceptors (Lipinski definition) is 4. The molecule has 0 N–H and O–H groups in total. The molecule has 0 aromatic carbocycles. The molecule has 0 unspecified atom stereocenters. The van der Waals surface area contributed by atoms with Crippen LogP contribution in [0.5, 0.6) is 0 Å². The Kier molecular flexibility index (Phi) is 3.86. The molecule has 7 heteroatoms. The van der Waals surface area contributed by atoms with Crippen molar-refractivity contribution in [2.24, 2.45) is 0 Å². The maximum Gasteiger partial charge on any atom is 0.343 e. The van der Waals surface area contributed by atoms with Crippen LogP contribution < -0.4 is 5.56 Å². The third kappa shape index (κ3) is 2.51. The summed E-state index contributed by atoms with van der Waals surface area (Å²) in [6.07, 6.45) is 7.85. The minimum atomic E-state index is -0.675. The summed E-state index contributed by atoms with van der Waals surface area (Å²) in [5.74, 6) is -0.970. The van der Waals surface area contributed by atoms with Crippen LogP contribution >= 0.6 is 0 Å². The molecular formula is C19H18FN3O3. The Balaban J connectivity index is 2.07. The minimum absolute atomic E-state index is 0.0552. The summed E-state index contributed by atoms with van der Waals surface area (Å²) in [5, 5.41) is 0. The van der Waals surface area contributed by atoms with Crippen molar-refractivity contribution in [1.29, 1.82) is 0 Å². The molecule has 0 aliphatic heterocycles. The number of aryl methyl sites for hydroxylation is 1. The van der Waals surface area contributed by atoms with Crippen LogP contribution in [0, 0.1) is 12.7 Å². The molecule has 0 amide bonds. The molecule has 0 spiro atoms. The molecule has 3 aromatic heterocycles. The molecule has 1 aliphatic rings. The van der Waals surface area contributed by atoms with E-state index >= 15 is 0 Å². The molecule has 1 fully saturated rings. The second-order valence-corrected chi connectivity index (χ2v) is 6.45. The van der Waals surface area contributed by atoms with Gasteiger partial charge in [0.05, 0.1) is 30.3 Å². The first-order valence-corrected chi connectivity index (χ1v) is 8.56. The molecule has 0 atom stereocenters. The van der Waals surface area contributed by atoms with Gasteiger partial charge in [0, 0.05) is 18.0 Å². The van der Waals surface area contributed by atoms with E-state index in [-0.39, 0.29) is 18.1 Å². The number of ether oxygens (including phenoxy) is 1. The van der Waals surface area contributed by atoms with Gasteiger partial charge >= 0.3 is 5.97 Å². The third-order valence-corrected chi connectivity index (χ3v) is 4.72. The van der Waals surface area contributed by atoms with Gasteiger partial charge in [0.2, 0.25) is 0 Å². The summed E-state index contributed by atoms with van der Waals surface area (Å²) in [7, 11) is 0. The normalized spacial score (nSPS) is 14.0. The molecule has 3 heterocycles. The molecule has 6 nitrogen and oxygen atoms in total. The average molecular weight is 355 g/mol. The van der Waals surface area contributed by atoms with E-state index in [1.807, 2.05) is 0 Å². The summed E-state index contributed by atoms with van der Waals surface area (Å²) in [6.45, 7) is 3.63. The summed E-state index contributed by atoms with van der Waals surface area (Å²) in [5.41, 5.74) is 1.90. The zero-order chi connectivity index (χ0) is 18.4. The van der Waals surface area contributed by atoms with Crippen LogP contribution in [0.25, 0.3) is 11.2 Å². The van der Waals surface area contributed by atoms with Crippen molar-refractivity contribution in [2.75, 3.05) is 6.61 Å². The van der Waals surface area contributed by atoms with Gasteiger partial charge in [-0.1, -0.05) is 0 Å². The maximum atomic E-state index is 14.8. The number of imidazole rings is 1. The lowest BCUT2D eigenvalue weighted by molar-refractivity contribution is 0.0524. The van der Waals surface area contributed by atoms with Crippen LogP contribution in [-0.4, -0.2) is 26.5 Å². The van der Waals surface area contributed by atoms with E-state index in [4.69, 9.17) is 4.74 Å². The van der Waals surface area contributed by atoms with Gasteiger partial charge in [0.25, 0.3) is 5.56 Å². The van der Waals surface area contributed by atoms with E-state index < -0.39 is 17.3 Å². The Bertz CT molecular complexity index is 1070. The highest BCUT2D eigenvalue weighted by atomic mass is 19.1. The van der Waals surface area contributed by atoms with Gasteiger partial charge in [-0.05, 0) is 44.2 Å². The number of carbonyl (C=O) groups is 1. The van der Waals surface area contributed by atoms with E-state index in [1.165, 1.54) is 10.7 Å². The predicted octanol–water partition coefficient (Wildman–Crippen LogP) is 2.99. The van der Waals surface area contributed by atoms with Crippen molar-refractivity contribution in [3.05, 3.63) is 63.8 Å². The number of nitrogens with zero attached hydrogens (tertiary/aromatic N) is 3. The van der Waals surface area contributed by atoms with Crippen molar-refractivity contribution in [1.82, 2.24) is 14.0 Å². The molecule has 26 heavy (non-hydrogen) atoms. The van der Waals surface area contributed by atoms with Gasteiger partial charge in [0.15, 0.2) is 5.82 Å². The minimum Gasteiger partial charge on any atom is -0.462 e. The van der Waals surface area contributed by atoms with Crippen LogP contribution in [0.15, 0.2) is 35.8 Å². The second-order valence-electron chi connectivity index (χ2n) is 6.45. The van der Waals surface area contributed by atoms with Gasteiger partial charge in [-0.25, -0.2) is 14.2 Å². The zero-order valence-corrected chi connectivity index (χ0v) is 14.5. The highest BCUT2D eigenvalue weighted by molar-refractivity contribution is 5.90. The van der Waals surface area contributed by atoms with Crippen molar-refractivity contribution in [3.8, 4) is 5.69 Å². The largest absolute Gasteiger partial charge is 0.462 e. The molecule has 1 saturated carbocycles. The van der Waals surface area contributed by atoms with E-state index in [9.17, 15) is 14.0 Å². The molecule has 4 rings (SSSR count). The van der Waals surface area contributed by atoms with Gasteiger partial charge in [-0.2, -0.15) is 0 Å². The van der Waals surface area contributed by atoms with Crippen molar-refractivity contribution in [2.45, 2.75) is 32.6 Å². The molecule has 3 aromatic rings. The quantitative estimate of drug-likeness (QED) is 0.675. The first kappa shape index (κ1) is 16.5. The topological polar surface area (TPSA) is 65.6 Å². The summed E-state index contributed by atoms with van der Waals surface area (Å²) >= 11 is 0. The van der Waals surface area contributed by atoms with Crippen LogP contribution in [0.1, 0.15) is 47.2 Å². The third-order valence-electron chi connectivity index (χ3n) is 4.72. The van der Waals surface area contributed by atoms with E-state index in [2.05, 4.69) is 4.98 Å². The molecule has 134 valence electrons. The van der Waals surface area contributed by atoms with Crippen LogP contribution in [0.4, 0.5) is 4.39 Å². The summed E-state index contributed by atoms with van der Waals surface area (Å²) < 4.78 is 22.7. The molecular weight excluding hydrogens is 337 g/mol. The lowest BCUT2D eigenvalue weighted by Gasteiger charge is -2.16. The molecule has 0 bridgehead atoms. The SMILES string of the molecule is CCOC(=O)c1cc(C2CC2)c2c(C)c(-n3ccnc3)c(F)cn2c1=O. The summed E-state index contributed by atoms with van der Waals surface area (Å²) in [4.78, 5) is 29.0. The number of rotatable bonds is 4. The number of hydrogen-bond donors (Lipinski definition) is 0. The average Bonchev–Trinajstić information content (AvgIpc) is 3.31. The van der Waals surface area contributed by atoms with Crippen molar-refractivity contribution < 1.29 is 13.9 Å². The predicted molar refractivity (Wildman–Crippen MR) is 93.4 cm³/mol. The Morgan fingerprint density at radius 3 is 2.81 bits per heavy atom. The smallest absolute Gasteiger partial charge is 0.343 e. The highest BCUT2D eigenvalue weighted by Gasteiger charge is 2.30. The van der Waals surface area contributed by atoms with Crippen molar-refractivity contribution in [3.63, 3.8) is 0 Å². The lowest BCUT2D eigenvalue weighted by atomic mass is 10.0. The monoisotopic (exact) mass is 355 g/mol. The van der Waals surface area contributed by atoms with Gasteiger partial charge in [-0.3, -0.25) is 9.20 Å². The number of halogens is 1. The number of carbonyl (C=O) groups excluding carboxylic acids is 1. The van der Waals surface area contributed by atoms with Crippen molar-refractivity contribution >= 4 is 11.5 Å². The fraction of sp³-hybridized carbons (Fsp3) is 0.316. The van der Waals surface area contributed by atoms with E-state index in [0.717, 1.165) is 24.6 Å². The number of aromatic nitrogens is 3. The van der Waals surface area contributed by atoms with Gasteiger partial charge < -0.3 is 9.30 Å². The van der Waals surface area contributed by atoms with E-state index in [1.54, 1.807) is 36.9 Å². The van der Waals surface area contributed by atoms with Gasteiger partial charge in [-0.15, -0.1) is 0 Å². The number of fused-ring (bicyclic) bond motifs is 1. The Morgan fingerprint density at radius 1 is 1.42 bits per heavy atom. The molecule has 0 saturated heterocycles. The maximum absolute atomic E-state index is 14.8. The first-order valence-electron chi connectivity index (χ1n) is 8.56. The standard InChI is InChI=1S/C19H18FN3O3/c1-3-26-19(25)14-8-13(12-4-5-12)16-11(2)17(22-7-6-21-10-22)15(20)9-23(16)18(14)24/h6-10,12H,3-5H2,1-2H3. The number of esters is 1. The molecule has 0 radical (unpaired) electrons. The summed E-state index contributed by atoms with van der Waals surface area (Å²) in [6, 6.07) is 1.62. The van der Waals surface area contributed by atoms with Gasteiger partial charge in [0.1, 0.15) is 5.56 Å². The Morgan fingerprint density at radius 2 is 2.19 bits per heavy atom. The zero-order valence-electron chi connectivity index (χ0n) is 14.5. The van der Waals surface area contributed by atoms with E-state index in [0.29, 0.717) is 16.8 Å². The second kappa shape index (κ2) is 6.09. The fourth-order valence-electron chi connectivity index (χ4n) is 3.41. The van der Waals surface area contributed by atoms with Crippen LogP contribution in [-0.2, 0) is 4.74 Å². The van der Waals surface area contributed by atoms with Crippen LogP contribution in [0.2, 0.25) is 0 Å². The first-order chi connectivity index (χ1) is 12.5. The fourth-order valence-corrected chi connectivity index (χ4v) is 3.41. The van der Waals surface area contributed by atoms with Crippen LogP contribution in [0.3, 0.4) is 0 Å². The molecule has 1 aliphatic carbocycles. The number of pyridine rings is 2. The Labute approximate surface area is 148 Å². The Hall–Kier alpha value is -2.96.